The zero-order valence-corrected chi connectivity index (χ0v) is 12.2. The maximum Gasteiger partial charge on any atom is 0.0200 e. The molecule has 2 fully saturated rings. The Bertz CT molecular complexity index is 234. The predicted octanol–water partition coefficient (Wildman–Crippen LogP) is 1.82. The van der Waals surface area contributed by atoms with Gasteiger partial charge in [0.1, 0.15) is 0 Å². The molecule has 1 saturated carbocycles. The van der Waals surface area contributed by atoms with Gasteiger partial charge in [0.25, 0.3) is 0 Å². The first kappa shape index (κ1) is 14.3. The summed E-state index contributed by atoms with van der Waals surface area (Å²) in [6, 6.07) is 1.49. The number of likely N-dealkylation sites (tertiary alicyclic amines) is 1. The average molecular weight is 253 g/mol. The van der Waals surface area contributed by atoms with Crippen molar-refractivity contribution < 1.29 is 0 Å². The molecule has 1 aliphatic carbocycles. The van der Waals surface area contributed by atoms with E-state index in [9.17, 15) is 0 Å². The van der Waals surface area contributed by atoms with Crippen LogP contribution in [0.25, 0.3) is 0 Å². The van der Waals surface area contributed by atoms with Gasteiger partial charge in [-0.25, -0.2) is 0 Å². The normalized spacial score (nSPS) is 31.3. The average Bonchev–Trinajstić information content (AvgIpc) is 2.82. The summed E-state index contributed by atoms with van der Waals surface area (Å²) >= 11 is 0. The van der Waals surface area contributed by atoms with Crippen LogP contribution in [-0.2, 0) is 0 Å². The van der Waals surface area contributed by atoms with Crippen molar-refractivity contribution in [2.75, 3.05) is 26.2 Å². The second-order valence-corrected chi connectivity index (χ2v) is 6.63. The molecule has 18 heavy (non-hydrogen) atoms. The molecule has 2 rings (SSSR count). The number of nitrogens with one attached hydrogen (secondary N) is 1. The largest absolute Gasteiger partial charge is 0.329 e. The summed E-state index contributed by atoms with van der Waals surface area (Å²) < 4.78 is 0. The molecule has 0 aromatic heterocycles. The number of nitrogens with zero attached hydrogens (tertiary/aromatic N) is 1. The lowest BCUT2D eigenvalue weighted by Gasteiger charge is -2.40. The van der Waals surface area contributed by atoms with E-state index in [4.69, 9.17) is 5.73 Å². The van der Waals surface area contributed by atoms with Crippen molar-refractivity contribution in [3.63, 3.8) is 0 Å². The van der Waals surface area contributed by atoms with Gasteiger partial charge < -0.3 is 16.0 Å². The van der Waals surface area contributed by atoms with Crippen LogP contribution < -0.4 is 11.1 Å². The van der Waals surface area contributed by atoms with Gasteiger partial charge >= 0.3 is 0 Å². The van der Waals surface area contributed by atoms with E-state index in [-0.39, 0.29) is 0 Å². The Morgan fingerprint density at radius 3 is 2.50 bits per heavy atom. The SMILES string of the molecule is CC(C)C1CC(NC2CCCC2)CN(CCN)C1. The minimum Gasteiger partial charge on any atom is -0.329 e. The second kappa shape index (κ2) is 6.88. The van der Waals surface area contributed by atoms with Crippen molar-refractivity contribution in [3.05, 3.63) is 0 Å². The molecule has 0 aromatic carbocycles. The van der Waals surface area contributed by atoms with Gasteiger partial charge in [0, 0.05) is 38.3 Å². The molecule has 3 heteroatoms. The van der Waals surface area contributed by atoms with E-state index in [1.54, 1.807) is 0 Å². The molecule has 0 radical (unpaired) electrons. The lowest BCUT2D eigenvalue weighted by atomic mass is 9.85. The Morgan fingerprint density at radius 2 is 1.89 bits per heavy atom. The van der Waals surface area contributed by atoms with Crippen molar-refractivity contribution >= 4 is 0 Å². The lowest BCUT2D eigenvalue weighted by Crippen LogP contribution is -2.53. The molecule has 3 N–H and O–H groups in total. The van der Waals surface area contributed by atoms with E-state index in [0.717, 1.165) is 31.0 Å². The van der Waals surface area contributed by atoms with E-state index in [1.165, 1.54) is 45.2 Å². The summed E-state index contributed by atoms with van der Waals surface area (Å²) in [6.45, 7) is 9.04. The Balaban J connectivity index is 1.87. The van der Waals surface area contributed by atoms with Gasteiger partial charge in [-0.3, -0.25) is 0 Å². The van der Waals surface area contributed by atoms with Gasteiger partial charge in [0.15, 0.2) is 0 Å². The number of hydrogen-bond donors (Lipinski definition) is 2. The molecule has 2 unspecified atom stereocenters. The molecule has 0 aromatic rings. The fourth-order valence-electron chi connectivity index (χ4n) is 3.63. The van der Waals surface area contributed by atoms with Gasteiger partial charge in [-0.1, -0.05) is 26.7 Å². The molecule has 106 valence electrons. The molecule has 1 saturated heterocycles. The van der Waals surface area contributed by atoms with Crippen LogP contribution in [0.15, 0.2) is 0 Å². The highest BCUT2D eigenvalue weighted by atomic mass is 15.2. The van der Waals surface area contributed by atoms with Crippen LogP contribution in [0.2, 0.25) is 0 Å². The highest BCUT2D eigenvalue weighted by Gasteiger charge is 2.30. The summed E-state index contributed by atoms with van der Waals surface area (Å²) in [6.07, 6.45) is 6.98. The van der Waals surface area contributed by atoms with Gasteiger partial charge in [0.05, 0.1) is 0 Å². The number of piperidine rings is 1. The van der Waals surface area contributed by atoms with E-state index in [2.05, 4.69) is 24.1 Å². The van der Waals surface area contributed by atoms with Crippen molar-refractivity contribution in [3.8, 4) is 0 Å². The zero-order valence-electron chi connectivity index (χ0n) is 12.2. The smallest absolute Gasteiger partial charge is 0.0200 e. The Morgan fingerprint density at radius 1 is 1.17 bits per heavy atom. The first-order valence-corrected chi connectivity index (χ1v) is 7.87. The number of nitrogens with two attached hydrogens (primary N) is 1. The molecule has 2 atom stereocenters. The number of hydrogen-bond acceptors (Lipinski definition) is 3. The van der Waals surface area contributed by atoms with Crippen LogP contribution >= 0.6 is 0 Å². The lowest BCUT2D eigenvalue weighted by molar-refractivity contribution is 0.113. The summed E-state index contributed by atoms with van der Waals surface area (Å²) in [5.41, 5.74) is 5.73. The van der Waals surface area contributed by atoms with Crippen LogP contribution in [0.5, 0.6) is 0 Å². The predicted molar refractivity (Wildman–Crippen MR) is 77.6 cm³/mol. The minimum atomic E-state index is 0.695. The maximum absolute atomic E-state index is 5.73. The van der Waals surface area contributed by atoms with Gasteiger partial charge in [-0.05, 0) is 31.1 Å². The van der Waals surface area contributed by atoms with Crippen LogP contribution in [-0.4, -0.2) is 43.2 Å². The van der Waals surface area contributed by atoms with Crippen molar-refractivity contribution in [2.45, 2.75) is 58.0 Å². The first-order valence-electron chi connectivity index (χ1n) is 7.87. The van der Waals surface area contributed by atoms with Crippen molar-refractivity contribution in [1.29, 1.82) is 0 Å². The molecule has 2 aliphatic rings. The van der Waals surface area contributed by atoms with E-state index < -0.39 is 0 Å². The topological polar surface area (TPSA) is 41.3 Å². The van der Waals surface area contributed by atoms with E-state index in [1.807, 2.05) is 0 Å². The molecule has 0 bridgehead atoms. The second-order valence-electron chi connectivity index (χ2n) is 6.63. The third-order valence-electron chi connectivity index (χ3n) is 4.77. The highest BCUT2D eigenvalue weighted by Crippen LogP contribution is 2.26. The zero-order chi connectivity index (χ0) is 13.0. The molecule has 0 spiro atoms. The molecule has 3 nitrogen and oxygen atoms in total. The molecule has 1 heterocycles. The molecule has 0 amide bonds. The summed E-state index contributed by atoms with van der Waals surface area (Å²) in [5, 5.41) is 3.91. The molecule has 1 aliphatic heterocycles. The Kier molecular flexibility index (Phi) is 5.46. The molecular formula is C15H31N3. The van der Waals surface area contributed by atoms with Crippen LogP contribution in [0, 0.1) is 11.8 Å². The first-order chi connectivity index (χ1) is 8.69. The monoisotopic (exact) mass is 253 g/mol. The van der Waals surface area contributed by atoms with Crippen molar-refractivity contribution in [1.82, 2.24) is 10.2 Å². The standard InChI is InChI=1S/C15H31N3/c1-12(2)13-9-15(11-18(10-13)8-7-16)17-14-5-3-4-6-14/h12-15,17H,3-11,16H2,1-2H3. The molecular weight excluding hydrogens is 222 g/mol. The summed E-state index contributed by atoms with van der Waals surface area (Å²) in [7, 11) is 0. The van der Waals surface area contributed by atoms with Crippen LogP contribution in [0.4, 0.5) is 0 Å². The third-order valence-corrected chi connectivity index (χ3v) is 4.77. The summed E-state index contributed by atoms with van der Waals surface area (Å²) in [5.74, 6) is 1.63. The van der Waals surface area contributed by atoms with Gasteiger partial charge in [-0.2, -0.15) is 0 Å². The van der Waals surface area contributed by atoms with E-state index in [0.29, 0.717) is 6.04 Å². The summed E-state index contributed by atoms with van der Waals surface area (Å²) in [4.78, 5) is 2.57. The third kappa shape index (κ3) is 3.94. The van der Waals surface area contributed by atoms with Gasteiger partial charge in [-0.15, -0.1) is 0 Å². The van der Waals surface area contributed by atoms with Crippen LogP contribution in [0.3, 0.4) is 0 Å². The van der Waals surface area contributed by atoms with Crippen LogP contribution in [0.1, 0.15) is 46.0 Å². The minimum absolute atomic E-state index is 0.695. The highest BCUT2D eigenvalue weighted by molar-refractivity contribution is 4.88. The van der Waals surface area contributed by atoms with E-state index >= 15 is 0 Å². The number of rotatable bonds is 5. The Hall–Kier alpha value is -0.120. The maximum atomic E-state index is 5.73. The fraction of sp³-hybridized carbons (Fsp3) is 1.00. The quantitative estimate of drug-likeness (QED) is 0.785. The fourth-order valence-corrected chi connectivity index (χ4v) is 3.63. The van der Waals surface area contributed by atoms with Crippen molar-refractivity contribution in [2.24, 2.45) is 17.6 Å². The van der Waals surface area contributed by atoms with Gasteiger partial charge in [0.2, 0.25) is 0 Å². The Labute approximate surface area is 112 Å².